The summed E-state index contributed by atoms with van der Waals surface area (Å²) >= 11 is 0. The highest BCUT2D eigenvalue weighted by Crippen LogP contribution is 2.31. The van der Waals surface area contributed by atoms with E-state index >= 15 is 0 Å². The largest absolute Gasteiger partial charge is 0.465 e. The number of para-hydroxylation sites is 1. The van der Waals surface area contributed by atoms with E-state index in [0.717, 1.165) is 34.4 Å². The lowest BCUT2D eigenvalue weighted by Gasteiger charge is -2.33. The number of carbonyl (C=O) groups is 1. The Morgan fingerprint density at radius 1 is 0.972 bits per heavy atom. The first-order valence-corrected chi connectivity index (χ1v) is 12.9. The number of hydrogen-bond donors (Lipinski definition) is 0. The van der Waals surface area contributed by atoms with Gasteiger partial charge >= 0.3 is 5.97 Å². The first-order valence-electron chi connectivity index (χ1n) is 12.9. The average molecular weight is 485 g/mol. The number of nitrogens with zero attached hydrogens (tertiary/aromatic N) is 2. The fraction of sp³-hybridized carbons (Fsp3) is 0.375. The van der Waals surface area contributed by atoms with Crippen molar-refractivity contribution < 1.29 is 9.53 Å². The summed E-state index contributed by atoms with van der Waals surface area (Å²) in [5.74, 6) is -0.324. The van der Waals surface area contributed by atoms with Crippen molar-refractivity contribution >= 4 is 11.7 Å². The zero-order chi connectivity index (χ0) is 26.5. The summed E-state index contributed by atoms with van der Waals surface area (Å²) < 4.78 is 5.04. The second kappa shape index (κ2) is 14.7. The number of aryl methyl sites for hydroxylation is 1. The molecule has 0 aliphatic carbocycles. The molecule has 3 rings (SSSR count). The normalized spacial score (nSPS) is 11.0. The fourth-order valence-electron chi connectivity index (χ4n) is 4.16. The topological polar surface area (TPSA) is 53.3 Å². The number of nitriles is 1. The summed E-state index contributed by atoms with van der Waals surface area (Å²) in [6.45, 7) is 11.4. The van der Waals surface area contributed by atoms with E-state index in [1.807, 2.05) is 49.4 Å². The number of hydrogen-bond acceptors (Lipinski definition) is 4. The van der Waals surface area contributed by atoms with Crippen LogP contribution in [0.25, 0.3) is 11.1 Å². The monoisotopic (exact) mass is 484 g/mol. The minimum atomic E-state index is -0.324. The van der Waals surface area contributed by atoms with Crippen molar-refractivity contribution in [3.8, 4) is 17.2 Å². The van der Waals surface area contributed by atoms with E-state index in [9.17, 15) is 10.1 Å². The zero-order valence-corrected chi connectivity index (χ0v) is 22.7. The van der Waals surface area contributed by atoms with Gasteiger partial charge < -0.3 is 9.64 Å². The predicted octanol–water partition coefficient (Wildman–Crippen LogP) is 8.32. The molecule has 4 nitrogen and oxygen atoms in total. The van der Waals surface area contributed by atoms with Gasteiger partial charge in [0.2, 0.25) is 0 Å². The summed E-state index contributed by atoms with van der Waals surface area (Å²) in [6.07, 6.45) is 5.02. The molecule has 1 unspecified atom stereocenters. The third-order valence-corrected chi connectivity index (χ3v) is 6.43. The molecule has 0 aliphatic heterocycles. The van der Waals surface area contributed by atoms with E-state index < -0.39 is 0 Å². The quantitative estimate of drug-likeness (QED) is 0.287. The van der Waals surface area contributed by atoms with Crippen molar-refractivity contribution in [2.45, 2.75) is 72.9 Å². The Morgan fingerprint density at radius 3 is 2.19 bits per heavy atom. The average Bonchev–Trinajstić information content (AvgIpc) is 2.92. The zero-order valence-electron chi connectivity index (χ0n) is 22.7. The van der Waals surface area contributed by atoms with Crippen LogP contribution in [0.2, 0.25) is 0 Å². The molecular weight excluding hydrogens is 444 g/mol. The lowest BCUT2D eigenvalue weighted by atomic mass is 9.98. The number of esters is 1. The van der Waals surface area contributed by atoms with Crippen molar-refractivity contribution in [3.63, 3.8) is 0 Å². The maximum absolute atomic E-state index is 12.4. The van der Waals surface area contributed by atoms with Gasteiger partial charge in [-0.2, -0.15) is 5.26 Å². The molecule has 0 fully saturated rings. The van der Waals surface area contributed by atoms with Crippen LogP contribution in [-0.4, -0.2) is 19.1 Å². The van der Waals surface area contributed by atoms with Gasteiger partial charge in [0.15, 0.2) is 0 Å². The SMILES string of the molecule is CCC(C)N(Cc1ccc(-c2ccccc2C#N)cc1)c1c(C)cccc1C(=O)OC.CCCCC. The van der Waals surface area contributed by atoms with Crippen LogP contribution < -0.4 is 4.90 Å². The molecule has 0 N–H and O–H groups in total. The number of unbranched alkanes of at least 4 members (excludes halogenated alkanes) is 2. The highest BCUT2D eigenvalue weighted by molar-refractivity contribution is 5.96. The molecule has 0 bridgehead atoms. The third-order valence-electron chi connectivity index (χ3n) is 6.43. The molecule has 0 aromatic heterocycles. The Hall–Kier alpha value is -3.58. The number of carbonyl (C=O) groups excluding carboxylic acids is 1. The molecule has 0 amide bonds. The van der Waals surface area contributed by atoms with E-state index in [1.54, 1.807) is 0 Å². The van der Waals surface area contributed by atoms with Gasteiger partial charge in [-0.3, -0.25) is 0 Å². The summed E-state index contributed by atoms with van der Waals surface area (Å²) in [7, 11) is 1.42. The summed E-state index contributed by atoms with van der Waals surface area (Å²) in [5.41, 5.74) is 6.30. The van der Waals surface area contributed by atoms with E-state index in [2.05, 4.69) is 62.9 Å². The number of anilines is 1. The maximum atomic E-state index is 12.4. The molecule has 1 atom stereocenters. The molecule has 3 aromatic rings. The minimum absolute atomic E-state index is 0.239. The lowest BCUT2D eigenvalue weighted by Crippen LogP contribution is -2.34. The molecule has 4 heteroatoms. The van der Waals surface area contributed by atoms with E-state index in [-0.39, 0.29) is 12.0 Å². The number of rotatable bonds is 9. The second-order valence-electron chi connectivity index (χ2n) is 9.06. The second-order valence-corrected chi connectivity index (χ2v) is 9.06. The van der Waals surface area contributed by atoms with Crippen molar-refractivity contribution in [3.05, 3.63) is 89.0 Å². The number of ether oxygens (including phenoxy) is 1. The van der Waals surface area contributed by atoms with E-state index in [0.29, 0.717) is 17.7 Å². The van der Waals surface area contributed by atoms with Gasteiger partial charge in [-0.05, 0) is 54.7 Å². The van der Waals surface area contributed by atoms with Crippen LogP contribution in [0.3, 0.4) is 0 Å². The molecule has 0 radical (unpaired) electrons. The van der Waals surface area contributed by atoms with Gasteiger partial charge in [-0.15, -0.1) is 0 Å². The molecule has 190 valence electrons. The van der Waals surface area contributed by atoms with Gasteiger partial charge in [0.1, 0.15) is 0 Å². The summed E-state index contributed by atoms with van der Waals surface area (Å²) in [5, 5.41) is 9.39. The standard InChI is InChI=1S/C27H28N2O2.C5H12/c1-5-20(3)29(26-19(2)9-8-12-25(26)27(30)31-4)18-21-13-15-22(16-14-21)24-11-7-6-10-23(24)17-28;1-3-5-4-2/h6-16,20H,5,18H2,1-4H3;3-5H2,1-2H3. The van der Waals surface area contributed by atoms with Crippen LogP contribution >= 0.6 is 0 Å². The Bertz CT molecular complexity index is 1140. The Morgan fingerprint density at radius 2 is 1.64 bits per heavy atom. The highest BCUT2D eigenvalue weighted by Gasteiger charge is 2.22. The van der Waals surface area contributed by atoms with Crippen LogP contribution in [0.4, 0.5) is 5.69 Å². The molecular formula is C32H40N2O2. The van der Waals surface area contributed by atoms with Crippen LogP contribution in [0, 0.1) is 18.3 Å². The van der Waals surface area contributed by atoms with E-state index in [1.165, 1.54) is 26.4 Å². The fourth-order valence-corrected chi connectivity index (χ4v) is 4.16. The van der Waals surface area contributed by atoms with Crippen LogP contribution in [0.5, 0.6) is 0 Å². The minimum Gasteiger partial charge on any atom is -0.465 e. The molecule has 36 heavy (non-hydrogen) atoms. The Labute approximate surface area is 217 Å². The van der Waals surface area contributed by atoms with Gasteiger partial charge in [0.25, 0.3) is 0 Å². The smallest absolute Gasteiger partial charge is 0.339 e. The van der Waals surface area contributed by atoms with Crippen molar-refractivity contribution in [2.24, 2.45) is 0 Å². The molecule has 3 aromatic carbocycles. The molecule has 0 spiro atoms. The van der Waals surface area contributed by atoms with Gasteiger partial charge in [-0.25, -0.2) is 4.79 Å². The van der Waals surface area contributed by atoms with Crippen LogP contribution in [0.15, 0.2) is 66.7 Å². The maximum Gasteiger partial charge on any atom is 0.339 e. The van der Waals surface area contributed by atoms with Crippen molar-refractivity contribution in [1.29, 1.82) is 5.26 Å². The first kappa shape index (κ1) is 28.7. The van der Waals surface area contributed by atoms with Gasteiger partial charge in [0.05, 0.1) is 30.0 Å². The number of methoxy groups -OCH3 is 1. The lowest BCUT2D eigenvalue weighted by molar-refractivity contribution is 0.0601. The molecule has 0 saturated heterocycles. The highest BCUT2D eigenvalue weighted by atomic mass is 16.5. The van der Waals surface area contributed by atoms with Crippen molar-refractivity contribution in [2.75, 3.05) is 12.0 Å². The molecule has 0 saturated carbocycles. The predicted molar refractivity (Wildman–Crippen MR) is 150 cm³/mol. The number of benzene rings is 3. The first-order chi connectivity index (χ1) is 17.4. The van der Waals surface area contributed by atoms with Crippen molar-refractivity contribution in [1.82, 2.24) is 0 Å². The van der Waals surface area contributed by atoms with Gasteiger partial charge in [-0.1, -0.05) is 94.6 Å². The molecule has 0 heterocycles. The third kappa shape index (κ3) is 7.46. The Kier molecular flexibility index (Phi) is 11.7. The van der Waals surface area contributed by atoms with E-state index in [4.69, 9.17) is 4.74 Å². The summed E-state index contributed by atoms with van der Waals surface area (Å²) in [6, 6.07) is 24.2. The van der Waals surface area contributed by atoms with Gasteiger partial charge in [0, 0.05) is 12.6 Å². The van der Waals surface area contributed by atoms with Crippen LogP contribution in [0.1, 0.15) is 80.4 Å². The Balaban J connectivity index is 0.000000830. The molecule has 0 aliphatic rings. The summed E-state index contributed by atoms with van der Waals surface area (Å²) in [4.78, 5) is 14.7. The van der Waals surface area contributed by atoms with Crippen LogP contribution in [-0.2, 0) is 11.3 Å².